The standard InChI is InChI=1S/C12H16N2O3/c1-8(6-11(15)17-2)14-10-5-3-4-9(7-10)12(13)16/h3-5,7-8,14H,6H2,1-2H3,(H2,13,16). The lowest BCUT2D eigenvalue weighted by molar-refractivity contribution is -0.140. The normalized spacial score (nSPS) is 11.6. The van der Waals surface area contributed by atoms with Crippen LogP contribution in [0.3, 0.4) is 0 Å². The minimum Gasteiger partial charge on any atom is -0.469 e. The van der Waals surface area contributed by atoms with Crippen molar-refractivity contribution in [1.82, 2.24) is 0 Å². The van der Waals surface area contributed by atoms with Crippen molar-refractivity contribution in [2.45, 2.75) is 19.4 Å². The molecule has 5 nitrogen and oxygen atoms in total. The van der Waals surface area contributed by atoms with Gasteiger partial charge in [-0.2, -0.15) is 0 Å². The Labute approximate surface area is 99.9 Å². The predicted octanol–water partition coefficient (Wildman–Crippen LogP) is 1.15. The minimum absolute atomic E-state index is 0.0782. The third-order valence-corrected chi connectivity index (χ3v) is 2.26. The summed E-state index contributed by atoms with van der Waals surface area (Å²) < 4.78 is 4.57. The molecule has 0 saturated heterocycles. The van der Waals surface area contributed by atoms with E-state index in [9.17, 15) is 9.59 Å². The van der Waals surface area contributed by atoms with Gasteiger partial charge in [-0.3, -0.25) is 9.59 Å². The van der Waals surface area contributed by atoms with Crippen LogP contribution in [-0.4, -0.2) is 25.0 Å². The predicted molar refractivity (Wildman–Crippen MR) is 64.7 cm³/mol. The summed E-state index contributed by atoms with van der Waals surface area (Å²) in [6.45, 7) is 1.86. The SMILES string of the molecule is COC(=O)CC(C)Nc1cccc(C(N)=O)c1. The molecule has 1 atom stereocenters. The summed E-state index contributed by atoms with van der Waals surface area (Å²) >= 11 is 0. The van der Waals surface area contributed by atoms with E-state index < -0.39 is 5.91 Å². The lowest BCUT2D eigenvalue weighted by Gasteiger charge is -2.14. The summed E-state index contributed by atoms with van der Waals surface area (Å²) in [5.41, 5.74) is 6.35. The summed E-state index contributed by atoms with van der Waals surface area (Å²) in [4.78, 5) is 22.0. The molecule has 0 spiro atoms. The molecule has 1 aromatic rings. The van der Waals surface area contributed by atoms with E-state index in [0.29, 0.717) is 5.56 Å². The molecule has 5 heteroatoms. The Kier molecular flexibility index (Phi) is 4.51. The second kappa shape index (κ2) is 5.89. The number of hydrogen-bond acceptors (Lipinski definition) is 4. The van der Waals surface area contributed by atoms with Crippen molar-refractivity contribution in [3.8, 4) is 0 Å². The van der Waals surface area contributed by atoms with Gasteiger partial charge >= 0.3 is 5.97 Å². The van der Waals surface area contributed by atoms with E-state index in [4.69, 9.17) is 5.73 Å². The van der Waals surface area contributed by atoms with Crippen LogP contribution in [0.1, 0.15) is 23.7 Å². The van der Waals surface area contributed by atoms with E-state index >= 15 is 0 Å². The topological polar surface area (TPSA) is 81.4 Å². The summed E-state index contributed by atoms with van der Waals surface area (Å²) in [6, 6.07) is 6.74. The number of hydrogen-bond donors (Lipinski definition) is 2. The van der Waals surface area contributed by atoms with Gasteiger partial charge in [-0.1, -0.05) is 6.07 Å². The zero-order valence-electron chi connectivity index (χ0n) is 9.90. The van der Waals surface area contributed by atoms with Gasteiger partial charge in [0.05, 0.1) is 13.5 Å². The minimum atomic E-state index is -0.478. The Morgan fingerprint density at radius 2 is 2.18 bits per heavy atom. The molecule has 1 aromatic carbocycles. The maximum atomic E-state index is 11.1. The number of benzene rings is 1. The van der Waals surface area contributed by atoms with Crippen LogP contribution < -0.4 is 11.1 Å². The number of esters is 1. The van der Waals surface area contributed by atoms with Crippen LogP contribution in [0.25, 0.3) is 0 Å². The van der Waals surface area contributed by atoms with Gasteiger partial charge in [0.1, 0.15) is 0 Å². The quantitative estimate of drug-likeness (QED) is 0.751. The number of rotatable bonds is 5. The smallest absolute Gasteiger partial charge is 0.307 e. The molecule has 0 aliphatic rings. The average Bonchev–Trinajstić information content (AvgIpc) is 2.28. The highest BCUT2D eigenvalue weighted by atomic mass is 16.5. The van der Waals surface area contributed by atoms with E-state index in [2.05, 4.69) is 10.1 Å². The van der Waals surface area contributed by atoms with E-state index in [-0.39, 0.29) is 18.4 Å². The number of ether oxygens (including phenoxy) is 1. The highest BCUT2D eigenvalue weighted by molar-refractivity contribution is 5.93. The second-order valence-electron chi connectivity index (χ2n) is 3.77. The molecule has 0 aliphatic carbocycles. The van der Waals surface area contributed by atoms with Crippen molar-refractivity contribution >= 4 is 17.6 Å². The molecule has 1 rings (SSSR count). The molecule has 0 fully saturated rings. The third kappa shape index (κ3) is 4.14. The lowest BCUT2D eigenvalue weighted by atomic mass is 10.1. The van der Waals surface area contributed by atoms with Gasteiger partial charge in [0.25, 0.3) is 0 Å². The van der Waals surface area contributed by atoms with Gasteiger partial charge < -0.3 is 15.8 Å². The molecule has 0 radical (unpaired) electrons. The number of nitrogens with two attached hydrogens (primary N) is 1. The van der Waals surface area contributed by atoms with Crippen LogP contribution in [0.4, 0.5) is 5.69 Å². The average molecular weight is 236 g/mol. The van der Waals surface area contributed by atoms with Gasteiger partial charge in [-0.25, -0.2) is 0 Å². The first-order valence-electron chi connectivity index (χ1n) is 5.26. The van der Waals surface area contributed by atoms with Crippen molar-refractivity contribution in [1.29, 1.82) is 0 Å². The zero-order chi connectivity index (χ0) is 12.8. The van der Waals surface area contributed by atoms with Crippen molar-refractivity contribution in [3.63, 3.8) is 0 Å². The Morgan fingerprint density at radius 1 is 1.47 bits per heavy atom. The van der Waals surface area contributed by atoms with Crippen LogP contribution in [-0.2, 0) is 9.53 Å². The van der Waals surface area contributed by atoms with Crippen LogP contribution in [0.5, 0.6) is 0 Å². The summed E-state index contributed by atoms with van der Waals surface area (Å²) in [6.07, 6.45) is 0.261. The molecule has 3 N–H and O–H groups in total. The number of methoxy groups -OCH3 is 1. The fourth-order valence-electron chi connectivity index (χ4n) is 1.43. The van der Waals surface area contributed by atoms with E-state index in [1.165, 1.54) is 7.11 Å². The molecule has 0 aliphatic heterocycles. The molecule has 0 saturated carbocycles. The van der Waals surface area contributed by atoms with Gasteiger partial charge in [-0.05, 0) is 25.1 Å². The number of anilines is 1. The molecular formula is C12H16N2O3. The number of primary amides is 1. The van der Waals surface area contributed by atoms with Crippen molar-refractivity contribution in [3.05, 3.63) is 29.8 Å². The number of nitrogens with one attached hydrogen (secondary N) is 1. The first-order valence-corrected chi connectivity index (χ1v) is 5.26. The van der Waals surface area contributed by atoms with E-state index in [1.54, 1.807) is 24.3 Å². The number of carbonyl (C=O) groups is 2. The Morgan fingerprint density at radius 3 is 2.76 bits per heavy atom. The van der Waals surface area contributed by atoms with Crippen LogP contribution in [0.15, 0.2) is 24.3 Å². The maximum Gasteiger partial charge on any atom is 0.307 e. The first kappa shape index (κ1) is 13.0. The number of carbonyl (C=O) groups excluding carboxylic acids is 2. The highest BCUT2D eigenvalue weighted by Gasteiger charge is 2.09. The molecule has 0 aromatic heterocycles. The van der Waals surface area contributed by atoms with Crippen molar-refractivity contribution < 1.29 is 14.3 Å². The molecule has 1 amide bonds. The monoisotopic (exact) mass is 236 g/mol. The van der Waals surface area contributed by atoms with Crippen LogP contribution >= 0.6 is 0 Å². The Balaban J connectivity index is 2.65. The zero-order valence-corrected chi connectivity index (χ0v) is 9.90. The van der Waals surface area contributed by atoms with Gasteiger partial charge in [0.2, 0.25) is 5.91 Å². The summed E-state index contributed by atoms with van der Waals surface area (Å²) in [5.74, 6) is -0.759. The van der Waals surface area contributed by atoms with Gasteiger partial charge in [-0.15, -0.1) is 0 Å². The highest BCUT2D eigenvalue weighted by Crippen LogP contribution is 2.12. The summed E-state index contributed by atoms with van der Waals surface area (Å²) in [7, 11) is 1.35. The van der Waals surface area contributed by atoms with Gasteiger partial charge in [0.15, 0.2) is 0 Å². The van der Waals surface area contributed by atoms with Crippen LogP contribution in [0.2, 0.25) is 0 Å². The molecule has 1 unspecified atom stereocenters. The largest absolute Gasteiger partial charge is 0.469 e. The van der Waals surface area contributed by atoms with Crippen molar-refractivity contribution in [2.75, 3.05) is 12.4 Å². The van der Waals surface area contributed by atoms with E-state index in [1.807, 2.05) is 6.92 Å². The van der Waals surface area contributed by atoms with Crippen LogP contribution in [0, 0.1) is 0 Å². The second-order valence-corrected chi connectivity index (χ2v) is 3.77. The first-order chi connectivity index (χ1) is 8.02. The Hall–Kier alpha value is -2.04. The molecule has 0 heterocycles. The number of amides is 1. The molecule has 17 heavy (non-hydrogen) atoms. The Bertz CT molecular complexity index is 418. The fraction of sp³-hybridized carbons (Fsp3) is 0.333. The van der Waals surface area contributed by atoms with Crippen molar-refractivity contribution in [2.24, 2.45) is 5.73 Å². The maximum absolute atomic E-state index is 11.1. The lowest BCUT2D eigenvalue weighted by Crippen LogP contribution is -2.20. The van der Waals surface area contributed by atoms with E-state index in [0.717, 1.165) is 5.69 Å². The molecule has 92 valence electrons. The third-order valence-electron chi connectivity index (χ3n) is 2.26. The van der Waals surface area contributed by atoms with Gasteiger partial charge in [0, 0.05) is 17.3 Å². The fourth-order valence-corrected chi connectivity index (χ4v) is 1.43. The molecular weight excluding hydrogens is 220 g/mol. The summed E-state index contributed by atoms with van der Waals surface area (Å²) in [5, 5.41) is 3.09. The molecule has 0 bridgehead atoms.